The third kappa shape index (κ3) is 2.89. The summed E-state index contributed by atoms with van der Waals surface area (Å²) in [4.78, 5) is 10.3. The highest BCUT2D eigenvalue weighted by molar-refractivity contribution is 8.00. The van der Waals surface area contributed by atoms with E-state index in [-0.39, 0.29) is 23.3 Å². The van der Waals surface area contributed by atoms with Crippen molar-refractivity contribution in [3.63, 3.8) is 0 Å². The lowest BCUT2D eigenvalue weighted by molar-refractivity contribution is -0.138. The first kappa shape index (κ1) is 11.1. The van der Waals surface area contributed by atoms with Gasteiger partial charge < -0.3 is 5.11 Å². The lowest BCUT2D eigenvalue weighted by atomic mass is 10.3. The molecule has 11 heavy (non-hydrogen) atoms. The number of carbonyl (C=O) groups is 1. The summed E-state index contributed by atoms with van der Waals surface area (Å²) in [5, 5.41) is 11.6. The molecule has 1 atom stereocenters. The second-order valence-electron chi connectivity index (χ2n) is 2.86. The topological polar surface area (TPSA) is 49.3 Å². The van der Waals surface area contributed by atoms with Gasteiger partial charge in [-0.2, -0.15) is 0 Å². The number of thioether (sulfide) groups is 1. The summed E-state index contributed by atoms with van der Waals surface area (Å²) in [6.45, 7) is 3.97. The predicted octanol–water partition coefficient (Wildman–Crippen LogP) is 0.934. The van der Waals surface area contributed by atoms with Crippen LogP contribution < -0.4 is 5.32 Å². The van der Waals surface area contributed by atoms with Crippen LogP contribution in [0.1, 0.15) is 13.8 Å². The van der Waals surface area contributed by atoms with E-state index in [1.165, 1.54) is 0 Å². The van der Waals surface area contributed by atoms with Gasteiger partial charge in [0.1, 0.15) is 6.04 Å². The van der Waals surface area contributed by atoms with E-state index in [2.05, 4.69) is 5.32 Å². The zero-order valence-corrected chi connectivity index (χ0v) is 8.09. The molecule has 1 aliphatic rings. The van der Waals surface area contributed by atoms with Gasteiger partial charge in [0.25, 0.3) is 0 Å². The monoisotopic (exact) mass is 197 g/mol. The van der Waals surface area contributed by atoms with Crippen LogP contribution >= 0.6 is 24.2 Å². The van der Waals surface area contributed by atoms with Crippen molar-refractivity contribution < 1.29 is 9.90 Å². The van der Waals surface area contributed by atoms with E-state index in [1.54, 1.807) is 11.8 Å². The minimum absolute atomic E-state index is 0. The van der Waals surface area contributed by atoms with Gasteiger partial charge in [0.05, 0.1) is 4.87 Å². The predicted molar refractivity (Wildman–Crippen MR) is 48.3 cm³/mol. The Hall–Kier alpha value is 0.0700. The number of hydrogen-bond donors (Lipinski definition) is 2. The number of aliphatic carboxylic acids is 1. The second kappa shape index (κ2) is 3.65. The van der Waals surface area contributed by atoms with Crippen LogP contribution in [0.3, 0.4) is 0 Å². The van der Waals surface area contributed by atoms with E-state index < -0.39 is 5.97 Å². The highest BCUT2D eigenvalue weighted by Gasteiger charge is 2.34. The molecule has 3 nitrogen and oxygen atoms in total. The first-order chi connectivity index (χ1) is 4.51. The minimum atomic E-state index is -0.752. The van der Waals surface area contributed by atoms with Gasteiger partial charge >= 0.3 is 5.97 Å². The quantitative estimate of drug-likeness (QED) is 0.657. The van der Waals surface area contributed by atoms with E-state index >= 15 is 0 Å². The molecule has 0 spiro atoms. The van der Waals surface area contributed by atoms with Crippen molar-refractivity contribution in [3.8, 4) is 0 Å². The number of nitrogens with one attached hydrogen (secondary N) is 1. The zero-order valence-electron chi connectivity index (χ0n) is 6.46. The van der Waals surface area contributed by atoms with E-state index in [0.29, 0.717) is 5.75 Å². The molecule has 0 aromatic heterocycles. The van der Waals surface area contributed by atoms with Crippen molar-refractivity contribution in [3.05, 3.63) is 0 Å². The molecule has 0 aromatic carbocycles. The molecule has 0 bridgehead atoms. The third-order valence-corrected chi connectivity index (χ3v) is 2.77. The number of hydrogen-bond acceptors (Lipinski definition) is 3. The van der Waals surface area contributed by atoms with E-state index in [1.807, 2.05) is 13.8 Å². The molecule has 0 aliphatic carbocycles. The van der Waals surface area contributed by atoms with Crippen LogP contribution in [-0.4, -0.2) is 27.7 Å². The van der Waals surface area contributed by atoms with Crippen molar-refractivity contribution >= 4 is 30.1 Å². The van der Waals surface area contributed by atoms with Crippen molar-refractivity contribution in [1.29, 1.82) is 0 Å². The first-order valence-electron chi connectivity index (χ1n) is 3.16. The van der Waals surface area contributed by atoms with Crippen LogP contribution in [-0.2, 0) is 4.79 Å². The van der Waals surface area contributed by atoms with Gasteiger partial charge in [0, 0.05) is 5.75 Å². The fraction of sp³-hybridized carbons (Fsp3) is 0.833. The maximum absolute atomic E-state index is 10.4. The lowest BCUT2D eigenvalue weighted by Crippen LogP contribution is -2.41. The Balaban J connectivity index is 0.000001000. The molecule has 1 saturated heterocycles. The Kier molecular flexibility index (Phi) is 3.67. The maximum Gasteiger partial charge on any atom is 0.321 e. The smallest absolute Gasteiger partial charge is 0.321 e. The largest absolute Gasteiger partial charge is 0.480 e. The zero-order chi connectivity index (χ0) is 7.78. The minimum Gasteiger partial charge on any atom is -0.480 e. The van der Waals surface area contributed by atoms with E-state index in [9.17, 15) is 4.79 Å². The molecule has 0 saturated carbocycles. The molecule has 1 heterocycles. The molecular formula is C6H12ClNO2S. The molecule has 0 aromatic rings. The molecule has 1 aliphatic heterocycles. The summed E-state index contributed by atoms with van der Waals surface area (Å²) >= 11 is 1.64. The Labute approximate surface area is 76.3 Å². The Morgan fingerprint density at radius 2 is 2.27 bits per heavy atom. The average Bonchev–Trinajstić information content (AvgIpc) is 2.10. The number of carboxylic acid groups (broad SMARTS) is 1. The molecule has 2 N–H and O–H groups in total. The van der Waals surface area contributed by atoms with Gasteiger partial charge in [-0.3, -0.25) is 10.1 Å². The van der Waals surface area contributed by atoms with Crippen molar-refractivity contribution in [2.75, 3.05) is 5.75 Å². The van der Waals surface area contributed by atoms with Gasteiger partial charge in [-0.15, -0.1) is 24.2 Å². The summed E-state index contributed by atoms with van der Waals surface area (Å²) in [5.41, 5.74) is 0. The second-order valence-corrected chi connectivity index (χ2v) is 4.50. The molecule has 5 heteroatoms. The summed E-state index contributed by atoms with van der Waals surface area (Å²) < 4.78 is 0. The Bertz CT molecular complexity index is 163. The third-order valence-electron chi connectivity index (χ3n) is 1.43. The van der Waals surface area contributed by atoms with Gasteiger partial charge in [-0.05, 0) is 13.8 Å². The molecule has 66 valence electrons. The normalized spacial score (nSPS) is 27.6. The molecular weight excluding hydrogens is 186 g/mol. The first-order valence-corrected chi connectivity index (χ1v) is 4.14. The summed E-state index contributed by atoms with van der Waals surface area (Å²) in [7, 11) is 0. The highest BCUT2D eigenvalue weighted by Crippen LogP contribution is 2.28. The van der Waals surface area contributed by atoms with Crippen LogP contribution in [0.5, 0.6) is 0 Å². The number of carboxylic acids is 1. The van der Waals surface area contributed by atoms with Crippen molar-refractivity contribution in [1.82, 2.24) is 5.32 Å². The Morgan fingerprint density at radius 1 is 1.73 bits per heavy atom. The molecule has 1 fully saturated rings. The summed E-state index contributed by atoms with van der Waals surface area (Å²) in [5.74, 6) is -0.0828. The van der Waals surface area contributed by atoms with Crippen LogP contribution in [0.15, 0.2) is 0 Å². The number of halogens is 1. The molecule has 0 amide bonds. The molecule has 0 unspecified atom stereocenters. The van der Waals surface area contributed by atoms with E-state index in [4.69, 9.17) is 5.11 Å². The maximum atomic E-state index is 10.4. The fourth-order valence-corrected chi connectivity index (χ4v) is 1.96. The lowest BCUT2D eigenvalue weighted by Gasteiger charge is -2.16. The van der Waals surface area contributed by atoms with Gasteiger partial charge in [0.15, 0.2) is 0 Å². The highest BCUT2D eigenvalue weighted by atomic mass is 35.5. The van der Waals surface area contributed by atoms with Crippen molar-refractivity contribution in [2.24, 2.45) is 0 Å². The number of rotatable bonds is 1. The Morgan fingerprint density at radius 3 is 2.45 bits per heavy atom. The van der Waals surface area contributed by atoms with Crippen LogP contribution in [0, 0.1) is 0 Å². The van der Waals surface area contributed by atoms with E-state index in [0.717, 1.165) is 0 Å². The van der Waals surface area contributed by atoms with Crippen molar-refractivity contribution in [2.45, 2.75) is 24.8 Å². The van der Waals surface area contributed by atoms with Crippen LogP contribution in [0.4, 0.5) is 0 Å². The molecule has 0 radical (unpaired) electrons. The summed E-state index contributed by atoms with van der Waals surface area (Å²) in [6.07, 6.45) is 0. The van der Waals surface area contributed by atoms with Crippen LogP contribution in [0.2, 0.25) is 0 Å². The van der Waals surface area contributed by atoms with Crippen LogP contribution in [0.25, 0.3) is 0 Å². The summed E-state index contributed by atoms with van der Waals surface area (Å²) in [6, 6.07) is -0.361. The average molecular weight is 198 g/mol. The van der Waals surface area contributed by atoms with Gasteiger partial charge in [-0.25, -0.2) is 0 Å². The fourth-order valence-electron chi connectivity index (χ4n) is 0.928. The van der Waals surface area contributed by atoms with Gasteiger partial charge in [-0.1, -0.05) is 0 Å². The SMILES string of the molecule is CC1(C)N[C@@H](C(=O)O)CS1.Cl. The standard InChI is InChI=1S/C6H11NO2S.ClH/c1-6(2)7-4(3-10-6)5(8)9;/h4,7H,3H2,1-2H3,(H,8,9);1H/t4-;/m1./s1. The molecule has 1 rings (SSSR count). The van der Waals surface area contributed by atoms with Gasteiger partial charge in [0.2, 0.25) is 0 Å².